The average molecular weight is 552 g/mol. The second kappa shape index (κ2) is 17.0. The van der Waals surface area contributed by atoms with Crippen molar-refractivity contribution >= 4 is 23.2 Å². The maximum Gasteiger partial charge on any atom is 0.171 e. The molecule has 206 valence electrons. The minimum atomic E-state index is -0.637. The van der Waals surface area contributed by atoms with E-state index >= 15 is 0 Å². The molecule has 1 aromatic carbocycles. The van der Waals surface area contributed by atoms with Gasteiger partial charge in [0.15, 0.2) is 5.76 Å². The van der Waals surface area contributed by atoms with Gasteiger partial charge in [0, 0.05) is 36.2 Å². The fourth-order valence-corrected chi connectivity index (χ4v) is 4.50. The maximum absolute atomic E-state index is 10.4. The van der Waals surface area contributed by atoms with Gasteiger partial charge in [0.05, 0.1) is 11.6 Å². The average Bonchev–Trinajstić information content (AvgIpc) is 2.89. The van der Waals surface area contributed by atoms with Crippen LogP contribution >= 0.6 is 23.2 Å². The minimum Gasteiger partial charge on any atom is -0.493 e. The maximum atomic E-state index is 10.4. The third-order valence-electron chi connectivity index (χ3n) is 6.64. The Kier molecular flexibility index (Phi) is 14.5. The van der Waals surface area contributed by atoms with E-state index < -0.39 is 6.10 Å². The van der Waals surface area contributed by atoms with Crippen molar-refractivity contribution in [1.29, 1.82) is 0 Å². The van der Waals surface area contributed by atoms with Crippen molar-refractivity contribution in [3.05, 3.63) is 51.7 Å². The zero-order valence-corrected chi connectivity index (χ0v) is 24.3. The Balaban J connectivity index is 1.70. The lowest BCUT2D eigenvalue weighted by molar-refractivity contribution is 0.0388. The SMILES string of the molecule is C#C/C(=C\C(Cl)=C(/C)Cl)OC[C@@H](O)CN1CCC(NC[C@@H](CCC)COc2ccc(C(C)C)cc2)CC1. The molecule has 0 saturated carbocycles. The Bertz CT molecular complexity index is 896. The number of ether oxygens (including phenoxy) is 2. The predicted octanol–water partition coefficient (Wildman–Crippen LogP) is 6.26. The Labute approximate surface area is 234 Å². The van der Waals surface area contributed by atoms with Crippen molar-refractivity contribution < 1.29 is 14.6 Å². The Hall–Kier alpha value is -1.68. The summed E-state index contributed by atoms with van der Waals surface area (Å²) in [5.74, 6) is 4.64. The third kappa shape index (κ3) is 12.1. The van der Waals surface area contributed by atoms with E-state index in [0.29, 0.717) is 34.5 Å². The summed E-state index contributed by atoms with van der Waals surface area (Å²) in [5, 5.41) is 14.9. The van der Waals surface area contributed by atoms with Crippen LogP contribution in [0.15, 0.2) is 46.2 Å². The number of hydrogen-bond donors (Lipinski definition) is 2. The number of aliphatic hydroxyl groups is 1. The van der Waals surface area contributed by atoms with Crippen LogP contribution in [0, 0.1) is 18.3 Å². The second-order valence-electron chi connectivity index (χ2n) is 10.2. The topological polar surface area (TPSA) is 54.0 Å². The van der Waals surface area contributed by atoms with Crippen molar-refractivity contribution in [3.63, 3.8) is 0 Å². The molecule has 1 fully saturated rings. The summed E-state index contributed by atoms with van der Waals surface area (Å²) in [7, 11) is 0. The second-order valence-corrected chi connectivity index (χ2v) is 11.1. The molecule has 1 saturated heterocycles. The van der Waals surface area contributed by atoms with Crippen LogP contribution in [0.1, 0.15) is 64.9 Å². The number of nitrogens with one attached hydrogen (secondary N) is 1. The fourth-order valence-electron chi connectivity index (χ4n) is 4.34. The first-order valence-corrected chi connectivity index (χ1v) is 14.2. The smallest absolute Gasteiger partial charge is 0.171 e. The van der Waals surface area contributed by atoms with E-state index in [-0.39, 0.29) is 12.4 Å². The molecular weight excluding hydrogens is 507 g/mol. The zero-order chi connectivity index (χ0) is 27.2. The van der Waals surface area contributed by atoms with Crippen LogP contribution in [-0.2, 0) is 4.74 Å². The van der Waals surface area contributed by atoms with E-state index in [1.54, 1.807) is 6.92 Å². The van der Waals surface area contributed by atoms with Gasteiger partial charge in [0.2, 0.25) is 0 Å². The van der Waals surface area contributed by atoms with E-state index in [9.17, 15) is 5.11 Å². The van der Waals surface area contributed by atoms with Gasteiger partial charge >= 0.3 is 0 Å². The number of benzene rings is 1. The molecule has 0 unspecified atom stereocenters. The van der Waals surface area contributed by atoms with E-state index in [4.69, 9.17) is 39.1 Å². The van der Waals surface area contributed by atoms with Gasteiger partial charge in [0.1, 0.15) is 18.5 Å². The quantitative estimate of drug-likeness (QED) is 0.153. The van der Waals surface area contributed by atoms with Gasteiger partial charge in [-0.15, -0.1) is 6.42 Å². The summed E-state index contributed by atoms with van der Waals surface area (Å²) < 4.78 is 11.7. The predicted molar refractivity (Wildman–Crippen MR) is 155 cm³/mol. The molecule has 0 radical (unpaired) electrons. The number of nitrogens with zero attached hydrogens (tertiary/aromatic N) is 1. The molecule has 5 nitrogen and oxygen atoms in total. The lowest BCUT2D eigenvalue weighted by Gasteiger charge is -2.34. The molecule has 1 aliphatic rings. The molecule has 7 heteroatoms. The molecule has 2 rings (SSSR count). The highest BCUT2D eigenvalue weighted by atomic mass is 35.5. The van der Waals surface area contributed by atoms with Crippen LogP contribution in [0.5, 0.6) is 5.75 Å². The molecule has 0 aliphatic carbocycles. The molecule has 37 heavy (non-hydrogen) atoms. The Morgan fingerprint density at radius 1 is 1.22 bits per heavy atom. The van der Waals surface area contributed by atoms with Crippen LogP contribution < -0.4 is 10.1 Å². The summed E-state index contributed by atoms with van der Waals surface area (Å²) in [4.78, 5) is 2.27. The Morgan fingerprint density at radius 3 is 2.46 bits per heavy atom. The van der Waals surface area contributed by atoms with Gasteiger partial charge in [0.25, 0.3) is 0 Å². The van der Waals surface area contributed by atoms with Gasteiger partial charge < -0.3 is 24.8 Å². The molecule has 0 amide bonds. The lowest BCUT2D eigenvalue weighted by atomic mass is 10.0. The highest BCUT2D eigenvalue weighted by molar-refractivity contribution is 6.40. The van der Waals surface area contributed by atoms with Crippen molar-refractivity contribution in [2.24, 2.45) is 5.92 Å². The van der Waals surface area contributed by atoms with E-state index in [0.717, 1.165) is 57.7 Å². The van der Waals surface area contributed by atoms with Crippen LogP contribution in [0.3, 0.4) is 0 Å². The molecule has 2 N–H and O–H groups in total. The van der Waals surface area contributed by atoms with Crippen LogP contribution in [0.25, 0.3) is 0 Å². The third-order valence-corrected chi connectivity index (χ3v) is 7.33. The van der Waals surface area contributed by atoms with Gasteiger partial charge in [-0.25, -0.2) is 0 Å². The standard InChI is InChI=1S/C30H44Cl2N2O3/c1-6-8-24(20-36-29-11-9-25(10-12-29)22(3)4)18-33-26-13-15-34(16-14-26)19-27(35)21-37-28(7-2)17-30(32)23(5)31/h2,9-12,17,22,24,26-27,33,35H,6,8,13-16,18-21H2,1,3-5H3/b28-17+,30-23-/t24-,27+/m1/s1. The Morgan fingerprint density at radius 2 is 1.89 bits per heavy atom. The van der Waals surface area contributed by atoms with Gasteiger partial charge in [-0.3, -0.25) is 0 Å². The number of likely N-dealkylation sites (tertiary alicyclic amines) is 1. The van der Waals surface area contributed by atoms with Gasteiger partial charge in [-0.1, -0.05) is 62.5 Å². The van der Waals surface area contributed by atoms with Gasteiger partial charge in [-0.05, 0) is 68.8 Å². The van der Waals surface area contributed by atoms with Gasteiger partial charge in [-0.2, -0.15) is 0 Å². The van der Waals surface area contributed by atoms with E-state index in [1.165, 1.54) is 11.6 Å². The van der Waals surface area contributed by atoms with E-state index in [1.807, 2.05) is 0 Å². The molecule has 2 atom stereocenters. The first-order valence-electron chi connectivity index (χ1n) is 13.4. The summed E-state index contributed by atoms with van der Waals surface area (Å²) in [6.07, 6.45) is 10.7. The number of hydrogen-bond acceptors (Lipinski definition) is 5. The van der Waals surface area contributed by atoms with E-state index in [2.05, 4.69) is 61.2 Å². The molecule has 1 aromatic rings. The van der Waals surface area contributed by atoms with Crippen molar-refractivity contribution in [2.45, 2.75) is 71.4 Å². The molecular formula is C30H44Cl2N2O3. The number of piperidine rings is 1. The lowest BCUT2D eigenvalue weighted by Crippen LogP contribution is -2.46. The summed E-state index contributed by atoms with van der Waals surface area (Å²) >= 11 is 11.9. The van der Waals surface area contributed by atoms with Crippen molar-refractivity contribution in [3.8, 4) is 18.1 Å². The monoisotopic (exact) mass is 550 g/mol. The molecule has 0 spiro atoms. The first kappa shape index (κ1) is 31.5. The highest BCUT2D eigenvalue weighted by Crippen LogP contribution is 2.20. The molecule has 0 aromatic heterocycles. The molecule has 1 aliphatic heterocycles. The number of aliphatic hydroxyl groups excluding tert-OH is 1. The summed E-state index contributed by atoms with van der Waals surface area (Å²) in [5.41, 5.74) is 1.33. The number of β-amino-alcohol motifs (C(OH)–C–C–N with tert-alkyl or cyclic N) is 1. The van der Waals surface area contributed by atoms with Crippen LogP contribution in [0.4, 0.5) is 0 Å². The number of halogens is 2. The fraction of sp³-hybridized carbons (Fsp3) is 0.600. The minimum absolute atomic E-state index is 0.110. The first-order chi connectivity index (χ1) is 17.7. The van der Waals surface area contributed by atoms with Crippen LogP contribution in [0.2, 0.25) is 0 Å². The van der Waals surface area contributed by atoms with Crippen LogP contribution in [-0.4, -0.2) is 61.5 Å². The normalized spacial score (nSPS) is 17.8. The zero-order valence-electron chi connectivity index (χ0n) is 22.8. The molecule has 0 bridgehead atoms. The number of rotatable bonds is 15. The molecule has 1 heterocycles. The number of allylic oxidation sites excluding steroid dienone is 4. The van der Waals surface area contributed by atoms with Crippen molar-refractivity contribution in [2.75, 3.05) is 39.4 Å². The largest absolute Gasteiger partial charge is 0.493 e. The summed E-state index contributed by atoms with van der Waals surface area (Å²) in [6, 6.07) is 8.96. The summed E-state index contributed by atoms with van der Waals surface area (Å²) in [6.45, 7) is 12.5. The van der Waals surface area contributed by atoms with Crippen molar-refractivity contribution in [1.82, 2.24) is 10.2 Å². The number of terminal acetylenes is 1. The highest BCUT2D eigenvalue weighted by Gasteiger charge is 2.22.